The second-order valence-electron chi connectivity index (χ2n) is 11.4. The van der Waals surface area contributed by atoms with E-state index in [9.17, 15) is 4.39 Å². The molecular weight excluding hydrogens is 379 g/mol. The molecule has 4 heteroatoms. The van der Waals surface area contributed by atoms with Gasteiger partial charge in [-0.2, -0.15) is 0 Å². The fraction of sp³-hybridized carbons (Fsp3) is 0.720. The molecule has 3 atom stereocenters. The van der Waals surface area contributed by atoms with Crippen LogP contribution in [0.1, 0.15) is 57.9 Å². The summed E-state index contributed by atoms with van der Waals surface area (Å²) < 4.78 is 14.0. The summed E-state index contributed by atoms with van der Waals surface area (Å²) >= 11 is 6.27. The number of alkyl halides is 1. The summed E-state index contributed by atoms with van der Waals surface area (Å²) in [6.07, 6.45) is 6.62. The first kappa shape index (κ1) is 19.9. The lowest BCUT2D eigenvalue weighted by Gasteiger charge is -2.66. The molecule has 4 bridgehead atoms. The summed E-state index contributed by atoms with van der Waals surface area (Å²) in [5, 5.41) is 0. The van der Waals surface area contributed by atoms with Crippen LogP contribution in [0.5, 0.6) is 0 Å². The Morgan fingerprint density at radius 1 is 1.14 bits per heavy atom. The topological polar surface area (TPSA) is 29.3 Å². The molecule has 6 rings (SSSR count). The molecule has 2 N–H and O–H groups in total. The minimum Gasteiger partial charge on any atom is -0.365 e. The van der Waals surface area contributed by atoms with Crippen LogP contribution in [0.15, 0.2) is 30.3 Å². The van der Waals surface area contributed by atoms with Crippen LogP contribution in [0.2, 0.25) is 0 Å². The van der Waals surface area contributed by atoms with E-state index in [4.69, 9.17) is 18.0 Å². The third-order valence-electron chi connectivity index (χ3n) is 9.12. The number of thiocarbonyl (C=S) groups is 1. The fourth-order valence-corrected chi connectivity index (χ4v) is 8.15. The molecule has 5 fully saturated rings. The molecule has 0 radical (unpaired) electrons. The van der Waals surface area contributed by atoms with E-state index in [1.807, 2.05) is 0 Å². The van der Waals surface area contributed by atoms with Gasteiger partial charge in [0.15, 0.2) is 0 Å². The Morgan fingerprint density at radius 2 is 1.79 bits per heavy atom. The lowest BCUT2D eigenvalue weighted by Crippen LogP contribution is -2.64. The highest BCUT2D eigenvalue weighted by atomic mass is 32.1. The fourth-order valence-electron chi connectivity index (χ4n) is 7.76. The first-order valence-corrected chi connectivity index (χ1v) is 11.9. The van der Waals surface area contributed by atoms with Gasteiger partial charge in [-0.15, -0.1) is 0 Å². The van der Waals surface area contributed by atoms with Crippen LogP contribution in [0.3, 0.4) is 0 Å². The number of piperidine rings is 1. The van der Waals surface area contributed by atoms with E-state index in [0.29, 0.717) is 11.8 Å². The average Bonchev–Trinajstić information content (AvgIpc) is 2.70. The Balaban J connectivity index is 1.49. The van der Waals surface area contributed by atoms with Gasteiger partial charge >= 0.3 is 0 Å². The van der Waals surface area contributed by atoms with Gasteiger partial charge in [-0.3, -0.25) is 4.39 Å². The summed E-state index contributed by atoms with van der Waals surface area (Å²) in [6, 6.07) is 11.3. The normalized spacial score (nSPS) is 42.8. The number of rotatable bonds is 3. The maximum absolute atomic E-state index is 14.0. The number of benzene rings is 1. The molecule has 4 aliphatic carbocycles. The minimum atomic E-state index is -0.158. The van der Waals surface area contributed by atoms with E-state index < -0.39 is 0 Å². The van der Waals surface area contributed by atoms with Crippen LogP contribution < -0.4 is 5.73 Å². The standard InChI is InChI=1S/C25H35FN2S/c1-23(2)16-28(9-8-21(23)27)22(29)25-12-17-10-24(15-25,19-6-4-3-5-7-19)11-18(13-25)20(17)14-26/h3-7,17-18,20-21H,8-16,27H2,1-2H3/t17?,18?,20?,21-,24?,25?/m0/s1. The minimum absolute atomic E-state index is 0.0696. The van der Waals surface area contributed by atoms with Crippen LogP contribution in [-0.2, 0) is 5.41 Å². The zero-order valence-electron chi connectivity index (χ0n) is 17.9. The van der Waals surface area contributed by atoms with Crippen molar-refractivity contribution in [3.63, 3.8) is 0 Å². The smallest absolute Gasteiger partial charge is 0.0927 e. The Hall–Kier alpha value is -1.00. The molecule has 2 unspecified atom stereocenters. The van der Waals surface area contributed by atoms with E-state index >= 15 is 0 Å². The SMILES string of the molecule is CC1(C)CN(C(=S)C23CC4CC(c5ccccc5)(CC(C2)C4CF)C3)CC[C@@H]1N. The van der Waals surface area contributed by atoms with E-state index in [2.05, 4.69) is 49.1 Å². The van der Waals surface area contributed by atoms with Gasteiger partial charge in [0.1, 0.15) is 0 Å². The summed E-state index contributed by atoms with van der Waals surface area (Å²) in [5.74, 6) is 1.19. The third kappa shape index (κ3) is 3.00. The highest BCUT2D eigenvalue weighted by Crippen LogP contribution is 2.68. The van der Waals surface area contributed by atoms with E-state index in [0.717, 1.165) is 51.6 Å². The van der Waals surface area contributed by atoms with Crippen molar-refractivity contribution in [1.29, 1.82) is 0 Å². The van der Waals surface area contributed by atoms with Crippen molar-refractivity contribution in [1.82, 2.24) is 4.90 Å². The van der Waals surface area contributed by atoms with Crippen molar-refractivity contribution in [2.45, 2.75) is 63.8 Å². The van der Waals surface area contributed by atoms with Crippen LogP contribution >= 0.6 is 12.2 Å². The van der Waals surface area contributed by atoms with Crippen molar-refractivity contribution < 1.29 is 4.39 Å². The Kier molecular flexibility index (Phi) is 4.64. The molecule has 5 aliphatic rings. The highest BCUT2D eigenvalue weighted by Gasteiger charge is 2.63. The second kappa shape index (κ2) is 6.75. The number of nitrogens with two attached hydrogens (primary N) is 1. The molecule has 1 aliphatic heterocycles. The highest BCUT2D eigenvalue weighted by molar-refractivity contribution is 7.80. The number of nitrogens with zero attached hydrogens (tertiary/aromatic N) is 1. The molecule has 1 aromatic rings. The average molecular weight is 415 g/mol. The molecule has 2 nitrogen and oxygen atoms in total. The molecule has 1 heterocycles. The predicted molar refractivity (Wildman–Crippen MR) is 121 cm³/mol. The molecule has 1 aromatic carbocycles. The number of likely N-dealkylation sites (tertiary alicyclic amines) is 1. The third-order valence-corrected chi connectivity index (χ3v) is 9.81. The van der Waals surface area contributed by atoms with Gasteiger partial charge in [-0.05, 0) is 72.7 Å². The Labute approximate surface area is 180 Å². The van der Waals surface area contributed by atoms with Gasteiger partial charge < -0.3 is 10.6 Å². The van der Waals surface area contributed by atoms with Gasteiger partial charge in [-0.1, -0.05) is 56.4 Å². The zero-order valence-corrected chi connectivity index (χ0v) is 18.7. The van der Waals surface area contributed by atoms with Crippen molar-refractivity contribution in [2.24, 2.45) is 34.3 Å². The summed E-state index contributed by atoms with van der Waals surface area (Å²) in [5.41, 5.74) is 8.20. The van der Waals surface area contributed by atoms with Crippen LogP contribution in [-0.4, -0.2) is 35.7 Å². The number of hydrogen-bond donors (Lipinski definition) is 1. The molecule has 0 spiro atoms. The molecule has 0 amide bonds. The van der Waals surface area contributed by atoms with Gasteiger partial charge in [0.2, 0.25) is 0 Å². The van der Waals surface area contributed by atoms with E-state index in [-0.39, 0.29) is 34.9 Å². The maximum atomic E-state index is 14.0. The van der Waals surface area contributed by atoms with Crippen molar-refractivity contribution in [3.8, 4) is 0 Å². The summed E-state index contributed by atoms with van der Waals surface area (Å²) in [7, 11) is 0. The molecule has 1 saturated heterocycles. The second-order valence-corrected chi connectivity index (χ2v) is 11.8. The quantitative estimate of drug-likeness (QED) is 0.697. The number of halogens is 1. The number of hydrogen-bond acceptors (Lipinski definition) is 2. The lowest BCUT2D eigenvalue weighted by atomic mass is 9.40. The summed E-state index contributed by atoms with van der Waals surface area (Å²) in [6.45, 7) is 6.32. The zero-order chi connectivity index (χ0) is 20.4. The molecule has 4 saturated carbocycles. The van der Waals surface area contributed by atoms with Gasteiger partial charge in [0.05, 0.1) is 11.7 Å². The van der Waals surface area contributed by atoms with Crippen LogP contribution in [0, 0.1) is 28.6 Å². The van der Waals surface area contributed by atoms with Gasteiger partial charge in [0, 0.05) is 24.5 Å². The monoisotopic (exact) mass is 414 g/mol. The Bertz CT molecular complexity index is 775. The first-order chi connectivity index (χ1) is 13.8. The molecule has 158 valence electrons. The van der Waals surface area contributed by atoms with Crippen molar-refractivity contribution >= 4 is 17.2 Å². The lowest BCUT2D eigenvalue weighted by molar-refractivity contribution is -0.0907. The summed E-state index contributed by atoms with van der Waals surface area (Å²) in [4.78, 5) is 3.65. The first-order valence-electron chi connectivity index (χ1n) is 11.5. The van der Waals surface area contributed by atoms with Crippen LogP contribution in [0.4, 0.5) is 4.39 Å². The predicted octanol–water partition coefficient (Wildman–Crippen LogP) is 5.11. The van der Waals surface area contributed by atoms with E-state index in [1.165, 1.54) is 10.6 Å². The van der Waals surface area contributed by atoms with Crippen LogP contribution in [0.25, 0.3) is 0 Å². The van der Waals surface area contributed by atoms with Crippen molar-refractivity contribution in [2.75, 3.05) is 19.8 Å². The molecule has 0 aromatic heterocycles. The largest absolute Gasteiger partial charge is 0.365 e. The maximum Gasteiger partial charge on any atom is 0.0927 e. The molecular formula is C25H35FN2S. The van der Waals surface area contributed by atoms with Crippen molar-refractivity contribution in [3.05, 3.63) is 35.9 Å². The van der Waals surface area contributed by atoms with Gasteiger partial charge in [-0.25, -0.2) is 0 Å². The Morgan fingerprint density at radius 3 is 2.38 bits per heavy atom. The molecule has 29 heavy (non-hydrogen) atoms. The van der Waals surface area contributed by atoms with Gasteiger partial charge in [0.25, 0.3) is 0 Å². The van der Waals surface area contributed by atoms with E-state index in [1.54, 1.807) is 0 Å².